The third-order valence-corrected chi connectivity index (χ3v) is 14.6. The molecule has 13 atom stereocenters. The Morgan fingerprint density at radius 2 is 1.45 bits per heavy atom. The molecule has 5 saturated heterocycles. The molecule has 3 N–H and O–H groups in total. The van der Waals surface area contributed by atoms with Crippen LogP contribution < -0.4 is 0 Å². The molecular weight excluding hydrogens is 704 g/mol. The van der Waals surface area contributed by atoms with E-state index < -0.39 is 82.5 Å². The van der Waals surface area contributed by atoms with Gasteiger partial charge >= 0.3 is 17.9 Å². The van der Waals surface area contributed by atoms with Crippen molar-refractivity contribution < 1.29 is 53.3 Å². The van der Waals surface area contributed by atoms with Gasteiger partial charge in [0, 0.05) is 17.8 Å². The second-order valence-electron chi connectivity index (χ2n) is 17.8. The van der Waals surface area contributed by atoms with Gasteiger partial charge < -0.3 is 34.3 Å². The third-order valence-electron chi connectivity index (χ3n) is 14.6. The Bertz CT molecular complexity index is 1810. The van der Waals surface area contributed by atoms with Gasteiger partial charge in [0.2, 0.25) is 0 Å². The zero-order valence-electron chi connectivity index (χ0n) is 31.9. The first-order chi connectivity index (χ1) is 26.3. The fourth-order valence-electron chi connectivity index (χ4n) is 12.4. The lowest BCUT2D eigenvalue weighted by Crippen LogP contribution is -2.89. The lowest BCUT2D eigenvalue weighted by atomic mass is 9.50. The van der Waals surface area contributed by atoms with Gasteiger partial charge in [-0.05, 0) is 68.2 Å². The Morgan fingerprint density at radius 3 is 2.09 bits per heavy atom. The first-order valence-electron chi connectivity index (χ1n) is 20.3. The average Bonchev–Trinajstić information content (AvgIpc) is 3.82. The smallest absolute Gasteiger partial charge is 0.338 e. The highest BCUT2D eigenvalue weighted by Crippen LogP contribution is 2.78. The van der Waals surface area contributed by atoms with Gasteiger partial charge in [0.25, 0.3) is 0 Å². The topological polar surface area (TPSA) is 154 Å². The summed E-state index contributed by atoms with van der Waals surface area (Å²) in [4.78, 5) is 27.1. The molecule has 3 bridgehead atoms. The summed E-state index contributed by atoms with van der Waals surface area (Å²) in [5, 5.41) is 38.3. The van der Waals surface area contributed by atoms with Crippen molar-refractivity contribution in [2.75, 3.05) is 13.2 Å². The van der Waals surface area contributed by atoms with Crippen LogP contribution in [-0.2, 0) is 28.4 Å². The standard InChI is InChI=1S/C44H54O11/c1-25(2)31-21-30(23-50-37(46)28-16-10-7-11-17-28)42-34-33-26(3)15-9-5-6-14-20-32(45)44(53-42)54-43(31,55-44)35(42)36-41(52-36,39(48)40(34,49)22-27(33)4)24-51-38(47)29-18-12-8-13-19-29/h7-8,10-13,16-19,26-27,30-36,39,45,48-49H,1,5-6,9,14-15,20-24H2,2-4H3/t26-,27-,30+,31+,32-,33+,34-,35-,36+,39+,40+,41+,42+,43?,44?/m1/s1. The molecule has 10 rings (SSSR count). The van der Waals surface area contributed by atoms with Crippen LogP contribution in [0.2, 0.25) is 0 Å². The molecule has 3 saturated carbocycles. The van der Waals surface area contributed by atoms with Crippen LogP contribution >= 0.6 is 0 Å². The summed E-state index contributed by atoms with van der Waals surface area (Å²) < 4.78 is 40.1. The number of fused-ring (bicyclic) bond motifs is 1. The minimum atomic E-state index is -1.87. The molecule has 8 fully saturated rings. The molecule has 0 amide bonds. The summed E-state index contributed by atoms with van der Waals surface area (Å²) in [6.45, 7) is 10.2. The number of benzene rings is 2. The van der Waals surface area contributed by atoms with Crippen molar-refractivity contribution in [3.63, 3.8) is 0 Å². The summed E-state index contributed by atoms with van der Waals surface area (Å²) in [6.07, 6.45) is 2.01. The van der Waals surface area contributed by atoms with Crippen LogP contribution in [0.5, 0.6) is 0 Å². The van der Waals surface area contributed by atoms with Crippen molar-refractivity contribution in [1.29, 1.82) is 0 Å². The Kier molecular flexibility index (Phi) is 8.98. The van der Waals surface area contributed by atoms with Gasteiger partial charge in [0.1, 0.15) is 24.9 Å². The first-order valence-corrected chi connectivity index (χ1v) is 20.3. The van der Waals surface area contributed by atoms with Gasteiger partial charge in [0.05, 0.1) is 34.9 Å². The van der Waals surface area contributed by atoms with Crippen LogP contribution in [0, 0.1) is 41.4 Å². The van der Waals surface area contributed by atoms with Crippen molar-refractivity contribution in [1.82, 2.24) is 0 Å². The van der Waals surface area contributed by atoms with E-state index in [1.54, 1.807) is 48.5 Å². The van der Waals surface area contributed by atoms with Gasteiger partial charge in [-0.3, -0.25) is 9.47 Å². The minimum absolute atomic E-state index is 0.0640. The fraction of sp³-hybridized carbons (Fsp3) is 0.636. The van der Waals surface area contributed by atoms with Gasteiger partial charge in [-0.15, -0.1) is 0 Å². The molecule has 3 aliphatic carbocycles. The molecule has 55 heavy (non-hydrogen) atoms. The average molecular weight is 759 g/mol. The largest absolute Gasteiger partial charge is 0.462 e. The quantitative estimate of drug-likeness (QED) is 0.185. The van der Waals surface area contributed by atoms with E-state index in [1.165, 1.54) is 0 Å². The van der Waals surface area contributed by atoms with E-state index in [0.717, 1.165) is 37.7 Å². The monoisotopic (exact) mass is 758 g/mol. The molecule has 5 heterocycles. The predicted molar refractivity (Wildman–Crippen MR) is 197 cm³/mol. The second kappa shape index (κ2) is 13.2. The second-order valence-corrected chi connectivity index (χ2v) is 17.8. The highest BCUT2D eigenvalue weighted by molar-refractivity contribution is 5.89. The van der Waals surface area contributed by atoms with Crippen molar-refractivity contribution >= 4 is 11.9 Å². The Balaban J connectivity index is 1.22. The Hall–Kier alpha value is -3.16. The van der Waals surface area contributed by atoms with Crippen molar-refractivity contribution in [3.05, 3.63) is 83.9 Å². The molecule has 2 aromatic carbocycles. The summed E-state index contributed by atoms with van der Waals surface area (Å²) >= 11 is 0. The van der Waals surface area contributed by atoms with Gasteiger partial charge in [-0.1, -0.05) is 94.5 Å². The summed E-state index contributed by atoms with van der Waals surface area (Å²) in [5.41, 5.74) is -3.20. The molecule has 0 radical (unpaired) electrons. The molecule has 3 spiro atoms. The van der Waals surface area contributed by atoms with Gasteiger partial charge in [-0.25, -0.2) is 9.59 Å². The van der Waals surface area contributed by atoms with E-state index in [1.807, 2.05) is 19.1 Å². The molecule has 5 aliphatic heterocycles. The number of ether oxygens (including phenoxy) is 6. The number of hydrogen-bond acceptors (Lipinski definition) is 11. The number of aliphatic hydroxyl groups is 3. The molecule has 11 heteroatoms. The molecule has 0 aromatic heterocycles. The fourth-order valence-corrected chi connectivity index (χ4v) is 12.4. The number of hydrogen-bond donors (Lipinski definition) is 3. The lowest BCUT2D eigenvalue weighted by molar-refractivity contribution is -0.688. The summed E-state index contributed by atoms with van der Waals surface area (Å²) in [5.74, 6) is -7.03. The summed E-state index contributed by atoms with van der Waals surface area (Å²) in [6, 6.07) is 17.4. The van der Waals surface area contributed by atoms with E-state index in [0.29, 0.717) is 24.0 Å². The summed E-state index contributed by atoms with van der Waals surface area (Å²) in [7, 11) is 0. The zero-order valence-corrected chi connectivity index (χ0v) is 31.9. The number of rotatable bonds is 7. The third kappa shape index (κ3) is 5.33. The van der Waals surface area contributed by atoms with Crippen LogP contribution in [0.15, 0.2) is 72.8 Å². The lowest BCUT2D eigenvalue weighted by Gasteiger charge is -2.76. The van der Waals surface area contributed by atoms with E-state index in [9.17, 15) is 24.9 Å². The number of aliphatic hydroxyl groups excluding tert-OH is 2. The molecule has 11 nitrogen and oxygen atoms in total. The van der Waals surface area contributed by atoms with Crippen molar-refractivity contribution in [2.45, 2.75) is 119 Å². The first kappa shape index (κ1) is 37.4. The van der Waals surface area contributed by atoms with E-state index >= 15 is 0 Å². The van der Waals surface area contributed by atoms with Crippen LogP contribution in [0.4, 0.5) is 0 Å². The number of esters is 2. The SMILES string of the molecule is C=C(C)[C@@H]1C[C@@H](COC(=O)c2ccccc2)[C@@]23OC45OC1(O4)[C@@H]2[C@@H]1O[C@]1(COC(=O)c1ccccc1)[C@@H](O)[C@]1(O)C[C@@H](C)[C@H]([C@H](C)CCCCCC[C@H]5O)[C@H]13. The maximum Gasteiger partial charge on any atom is 0.338 e. The van der Waals surface area contributed by atoms with Gasteiger partial charge in [-0.2, -0.15) is 0 Å². The van der Waals surface area contributed by atoms with E-state index in [2.05, 4.69) is 20.4 Å². The Morgan fingerprint density at radius 1 is 0.836 bits per heavy atom. The molecular formula is C44H54O11. The van der Waals surface area contributed by atoms with Crippen LogP contribution in [0.25, 0.3) is 0 Å². The van der Waals surface area contributed by atoms with Crippen LogP contribution in [0.3, 0.4) is 0 Å². The highest BCUT2D eigenvalue weighted by Gasteiger charge is 2.93. The van der Waals surface area contributed by atoms with E-state index in [-0.39, 0.29) is 37.4 Å². The van der Waals surface area contributed by atoms with Crippen LogP contribution in [-0.4, -0.2) is 87.3 Å². The van der Waals surface area contributed by atoms with Crippen LogP contribution in [0.1, 0.15) is 92.9 Å². The normalized spacial score (nSPS) is 46.6. The number of carbonyl (C=O) groups excluding carboxylic acids is 2. The Labute approximate surface area is 322 Å². The zero-order chi connectivity index (χ0) is 38.5. The number of carbonyl (C=O) groups is 2. The maximum atomic E-state index is 13.6. The minimum Gasteiger partial charge on any atom is -0.462 e. The molecule has 8 aliphatic rings. The van der Waals surface area contributed by atoms with Crippen molar-refractivity contribution in [2.24, 2.45) is 41.4 Å². The predicted octanol–water partition coefficient (Wildman–Crippen LogP) is 5.56. The maximum absolute atomic E-state index is 13.6. The molecule has 0 unspecified atom stereocenters. The van der Waals surface area contributed by atoms with Gasteiger partial charge in [0.15, 0.2) is 11.4 Å². The highest BCUT2D eigenvalue weighted by atomic mass is 17.0. The van der Waals surface area contributed by atoms with E-state index in [4.69, 9.17) is 28.4 Å². The number of epoxide rings is 1. The van der Waals surface area contributed by atoms with Crippen molar-refractivity contribution in [3.8, 4) is 0 Å². The molecule has 296 valence electrons. The molecule has 2 aromatic rings.